The summed E-state index contributed by atoms with van der Waals surface area (Å²) in [4.78, 5) is 16.6. The molecule has 1 N–H and O–H groups in total. The van der Waals surface area contributed by atoms with Gasteiger partial charge in [-0.25, -0.2) is 4.98 Å². The van der Waals surface area contributed by atoms with Crippen LogP contribution >= 0.6 is 11.8 Å². The second-order valence-corrected chi connectivity index (χ2v) is 8.10. The minimum absolute atomic E-state index is 0.0830. The van der Waals surface area contributed by atoms with Crippen LogP contribution in [0.5, 0.6) is 0 Å². The average molecular weight is 433 g/mol. The number of nitrogens with one attached hydrogen (secondary N) is 1. The molecule has 158 valence electrons. The molecule has 4 rings (SSSR count). The number of benzene rings is 2. The van der Waals surface area contributed by atoms with Gasteiger partial charge in [0.2, 0.25) is 5.91 Å². The fourth-order valence-electron chi connectivity index (χ4n) is 3.20. The average Bonchev–Trinajstić information content (AvgIpc) is 3.49. The summed E-state index contributed by atoms with van der Waals surface area (Å²) in [6, 6.07) is 17.9. The van der Waals surface area contributed by atoms with Crippen LogP contribution in [0.3, 0.4) is 0 Å². The van der Waals surface area contributed by atoms with Crippen LogP contribution in [0.1, 0.15) is 26.3 Å². The number of rotatable bonds is 8. The van der Waals surface area contributed by atoms with Gasteiger partial charge in [-0.15, -0.1) is 10.2 Å². The summed E-state index contributed by atoms with van der Waals surface area (Å²) in [6.07, 6.45) is 6.29. The molecule has 0 spiro atoms. The van der Waals surface area contributed by atoms with Crippen molar-refractivity contribution in [3.63, 3.8) is 0 Å². The first-order valence-electron chi connectivity index (χ1n) is 10.2. The maximum absolute atomic E-state index is 12.5. The number of anilines is 1. The summed E-state index contributed by atoms with van der Waals surface area (Å²) < 4.78 is 4.03. The van der Waals surface area contributed by atoms with Crippen molar-refractivity contribution in [2.45, 2.75) is 31.5 Å². The van der Waals surface area contributed by atoms with E-state index >= 15 is 0 Å². The van der Waals surface area contributed by atoms with Gasteiger partial charge >= 0.3 is 0 Å². The van der Waals surface area contributed by atoms with Crippen LogP contribution < -0.4 is 5.32 Å². The molecule has 0 radical (unpaired) electrons. The molecule has 1 unspecified atom stereocenters. The van der Waals surface area contributed by atoms with E-state index in [0.29, 0.717) is 0 Å². The molecule has 8 heteroatoms. The zero-order chi connectivity index (χ0) is 21.6. The molecule has 4 aromatic rings. The number of amides is 1. The lowest BCUT2D eigenvalue weighted by Crippen LogP contribution is -2.15. The molecule has 0 saturated carbocycles. The number of thioether (sulfide) groups is 1. The highest BCUT2D eigenvalue weighted by molar-refractivity contribution is 7.99. The van der Waals surface area contributed by atoms with Gasteiger partial charge in [0.25, 0.3) is 0 Å². The summed E-state index contributed by atoms with van der Waals surface area (Å²) in [5.41, 5.74) is 2.76. The van der Waals surface area contributed by atoms with E-state index in [1.54, 1.807) is 12.5 Å². The Morgan fingerprint density at radius 3 is 2.55 bits per heavy atom. The molecule has 1 atom stereocenters. The predicted octanol–water partition coefficient (Wildman–Crippen LogP) is 4.83. The standard InChI is InChI=1S/C23H24N6OS/c1-3-17(2)29-22(18-7-5-4-6-8-18)26-27-23(29)31-15-21(30)25-19-9-11-20(12-10-19)28-14-13-24-16-28/h4-14,16-17H,3,15H2,1-2H3,(H,25,30). The third-order valence-corrected chi connectivity index (χ3v) is 5.96. The molecule has 0 saturated heterocycles. The predicted molar refractivity (Wildman–Crippen MR) is 123 cm³/mol. The number of hydrogen-bond acceptors (Lipinski definition) is 5. The largest absolute Gasteiger partial charge is 0.325 e. The minimum atomic E-state index is -0.0830. The first kappa shape index (κ1) is 20.9. The Bertz CT molecular complexity index is 1120. The quantitative estimate of drug-likeness (QED) is 0.404. The Balaban J connectivity index is 1.43. The third kappa shape index (κ3) is 4.86. The number of carbonyl (C=O) groups is 1. The van der Waals surface area contributed by atoms with Crippen LogP contribution in [-0.2, 0) is 4.79 Å². The molecule has 7 nitrogen and oxygen atoms in total. The van der Waals surface area contributed by atoms with E-state index in [1.165, 1.54) is 11.8 Å². The Labute approximate surface area is 185 Å². The third-order valence-electron chi connectivity index (χ3n) is 5.01. The van der Waals surface area contributed by atoms with E-state index in [4.69, 9.17) is 0 Å². The maximum Gasteiger partial charge on any atom is 0.234 e. The Morgan fingerprint density at radius 1 is 1.10 bits per heavy atom. The van der Waals surface area contributed by atoms with Crippen molar-refractivity contribution >= 4 is 23.4 Å². The highest BCUT2D eigenvalue weighted by Gasteiger charge is 2.19. The molecule has 2 aromatic carbocycles. The van der Waals surface area contributed by atoms with Crippen molar-refractivity contribution in [1.82, 2.24) is 24.3 Å². The van der Waals surface area contributed by atoms with E-state index < -0.39 is 0 Å². The Morgan fingerprint density at radius 2 is 1.87 bits per heavy atom. The zero-order valence-corrected chi connectivity index (χ0v) is 18.3. The second-order valence-electron chi connectivity index (χ2n) is 7.15. The van der Waals surface area contributed by atoms with Crippen LogP contribution in [0, 0.1) is 0 Å². The molecule has 0 aliphatic rings. The van der Waals surface area contributed by atoms with Crippen molar-refractivity contribution in [2.75, 3.05) is 11.1 Å². The summed E-state index contributed by atoms with van der Waals surface area (Å²) in [7, 11) is 0. The molecule has 31 heavy (non-hydrogen) atoms. The molecular formula is C23H24N6OS. The van der Waals surface area contributed by atoms with Gasteiger partial charge in [-0.1, -0.05) is 49.0 Å². The first-order valence-corrected chi connectivity index (χ1v) is 11.2. The van der Waals surface area contributed by atoms with Gasteiger partial charge in [0.1, 0.15) is 0 Å². The van der Waals surface area contributed by atoms with Gasteiger partial charge in [-0.2, -0.15) is 0 Å². The summed E-state index contributed by atoms with van der Waals surface area (Å²) >= 11 is 1.40. The molecule has 2 aromatic heterocycles. The molecule has 0 bridgehead atoms. The number of carbonyl (C=O) groups excluding carboxylic acids is 1. The van der Waals surface area contributed by atoms with Gasteiger partial charge < -0.3 is 9.88 Å². The van der Waals surface area contributed by atoms with Crippen LogP contribution in [-0.4, -0.2) is 36.0 Å². The smallest absolute Gasteiger partial charge is 0.234 e. The van der Waals surface area contributed by atoms with E-state index in [0.717, 1.165) is 34.3 Å². The summed E-state index contributed by atoms with van der Waals surface area (Å²) in [5.74, 6) is 1.00. The van der Waals surface area contributed by atoms with Crippen LogP contribution in [0.25, 0.3) is 17.1 Å². The van der Waals surface area contributed by atoms with Crippen molar-refractivity contribution in [2.24, 2.45) is 0 Å². The Hall–Kier alpha value is -3.39. The highest BCUT2D eigenvalue weighted by atomic mass is 32.2. The fourth-order valence-corrected chi connectivity index (χ4v) is 4.03. The minimum Gasteiger partial charge on any atom is -0.325 e. The monoisotopic (exact) mass is 432 g/mol. The molecule has 2 heterocycles. The maximum atomic E-state index is 12.5. The van der Waals surface area contributed by atoms with Gasteiger partial charge in [-0.05, 0) is 37.6 Å². The highest BCUT2D eigenvalue weighted by Crippen LogP contribution is 2.29. The number of aromatic nitrogens is 5. The van der Waals surface area contributed by atoms with Crippen molar-refractivity contribution < 1.29 is 4.79 Å². The van der Waals surface area contributed by atoms with E-state index in [2.05, 4.69) is 38.9 Å². The van der Waals surface area contributed by atoms with Crippen LogP contribution in [0.15, 0.2) is 78.5 Å². The topological polar surface area (TPSA) is 77.6 Å². The van der Waals surface area contributed by atoms with Gasteiger partial charge in [0.05, 0.1) is 12.1 Å². The fraction of sp³-hybridized carbons (Fsp3) is 0.217. The number of hydrogen-bond donors (Lipinski definition) is 1. The van der Waals surface area contributed by atoms with Gasteiger partial charge in [0.15, 0.2) is 11.0 Å². The lowest BCUT2D eigenvalue weighted by molar-refractivity contribution is -0.113. The lowest BCUT2D eigenvalue weighted by Gasteiger charge is -2.16. The lowest BCUT2D eigenvalue weighted by atomic mass is 10.2. The molecular weight excluding hydrogens is 408 g/mol. The summed E-state index contributed by atoms with van der Waals surface area (Å²) in [6.45, 7) is 4.27. The first-order chi connectivity index (χ1) is 15.2. The second kappa shape index (κ2) is 9.61. The van der Waals surface area contributed by atoms with Crippen LogP contribution in [0.4, 0.5) is 5.69 Å². The molecule has 0 aliphatic heterocycles. The number of nitrogens with zero attached hydrogens (tertiary/aromatic N) is 5. The molecule has 0 aliphatic carbocycles. The number of imidazole rings is 1. The van der Waals surface area contributed by atoms with Crippen LogP contribution in [0.2, 0.25) is 0 Å². The molecule has 1 amide bonds. The molecule has 0 fully saturated rings. The normalized spacial score (nSPS) is 11.9. The zero-order valence-electron chi connectivity index (χ0n) is 17.5. The Kier molecular flexibility index (Phi) is 6.47. The van der Waals surface area contributed by atoms with Gasteiger partial charge in [0, 0.05) is 35.4 Å². The SMILES string of the molecule is CCC(C)n1c(SCC(=O)Nc2ccc(-n3ccnc3)cc2)nnc1-c1ccccc1. The van der Waals surface area contributed by atoms with E-state index in [9.17, 15) is 4.79 Å². The van der Waals surface area contributed by atoms with Crippen molar-refractivity contribution in [3.8, 4) is 17.1 Å². The van der Waals surface area contributed by atoms with E-state index in [1.807, 2.05) is 65.4 Å². The van der Waals surface area contributed by atoms with Gasteiger partial charge in [-0.3, -0.25) is 9.36 Å². The van der Waals surface area contributed by atoms with E-state index in [-0.39, 0.29) is 17.7 Å². The van der Waals surface area contributed by atoms with Crippen molar-refractivity contribution in [3.05, 3.63) is 73.3 Å². The van der Waals surface area contributed by atoms with Crippen molar-refractivity contribution in [1.29, 1.82) is 0 Å². The summed E-state index contributed by atoms with van der Waals surface area (Å²) in [5, 5.41) is 12.5.